The highest BCUT2D eigenvalue weighted by molar-refractivity contribution is 5.91. The molecule has 4 aromatic rings. The third-order valence-corrected chi connectivity index (χ3v) is 4.09. The minimum absolute atomic E-state index is 0.294. The molecule has 0 saturated heterocycles. The second kappa shape index (κ2) is 5.09. The first kappa shape index (κ1) is 13.8. The highest BCUT2D eigenvalue weighted by Crippen LogP contribution is 2.29. The Labute approximate surface area is 134 Å². The third-order valence-electron chi connectivity index (χ3n) is 4.09. The van der Waals surface area contributed by atoms with Gasteiger partial charge in [-0.3, -0.25) is 0 Å². The Balaban J connectivity index is 2.02. The molecule has 0 atom stereocenters. The molecular formula is C19H18N4. The van der Waals surface area contributed by atoms with E-state index in [0.29, 0.717) is 11.7 Å². The zero-order valence-electron chi connectivity index (χ0n) is 13.2. The van der Waals surface area contributed by atoms with Crippen LogP contribution in [0.2, 0.25) is 0 Å². The molecule has 4 heteroatoms. The average molecular weight is 302 g/mol. The fourth-order valence-corrected chi connectivity index (χ4v) is 3.04. The Kier molecular flexibility index (Phi) is 3.05. The number of nitrogens with two attached hydrogens (primary N) is 1. The minimum atomic E-state index is 0.294. The van der Waals surface area contributed by atoms with Crippen molar-refractivity contribution in [2.75, 3.05) is 5.73 Å². The summed E-state index contributed by atoms with van der Waals surface area (Å²) < 4.78 is 2.22. The Morgan fingerprint density at radius 3 is 2.57 bits per heavy atom. The van der Waals surface area contributed by atoms with E-state index in [-0.39, 0.29) is 0 Å². The van der Waals surface area contributed by atoms with Gasteiger partial charge in [0.25, 0.3) is 0 Å². The van der Waals surface area contributed by atoms with Gasteiger partial charge in [-0.2, -0.15) is 0 Å². The molecule has 114 valence electrons. The molecule has 2 N–H and O–H groups in total. The number of hydrogen-bond acceptors (Lipinski definition) is 3. The quantitative estimate of drug-likeness (QED) is 0.558. The molecule has 4 nitrogen and oxygen atoms in total. The van der Waals surface area contributed by atoms with E-state index in [2.05, 4.69) is 30.5 Å². The molecule has 4 rings (SSSR count). The molecule has 0 fully saturated rings. The van der Waals surface area contributed by atoms with Crippen molar-refractivity contribution in [1.82, 2.24) is 14.5 Å². The first-order chi connectivity index (χ1) is 11.1. The summed E-state index contributed by atoms with van der Waals surface area (Å²) in [6.07, 6.45) is 0. The summed E-state index contributed by atoms with van der Waals surface area (Å²) in [6, 6.07) is 18.4. The smallest absolute Gasteiger partial charge is 0.160 e. The van der Waals surface area contributed by atoms with E-state index in [1.165, 1.54) is 0 Å². The van der Waals surface area contributed by atoms with Crippen LogP contribution in [0.1, 0.15) is 19.9 Å². The first-order valence-corrected chi connectivity index (χ1v) is 7.78. The zero-order valence-corrected chi connectivity index (χ0v) is 13.2. The monoisotopic (exact) mass is 302 g/mol. The molecule has 23 heavy (non-hydrogen) atoms. The van der Waals surface area contributed by atoms with Crippen LogP contribution in [0.25, 0.3) is 33.5 Å². The summed E-state index contributed by atoms with van der Waals surface area (Å²) in [5.74, 6) is 0.881. The Hall–Kier alpha value is -2.88. The number of aromatic nitrogens is 3. The van der Waals surface area contributed by atoms with Gasteiger partial charge in [-0.05, 0) is 38.1 Å². The molecule has 0 radical (unpaired) electrons. The van der Waals surface area contributed by atoms with Crippen LogP contribution in [0.5, 0.6) is 0 Å². The van der Waals surface area contributed by atoms with Gasteiger partial charge in [0.2, 0.25) is 0 Å². The van der Waals surface area contributed by atoms with Gasteiger partial charge in [-0.15, -0.1) is 0 Å². The lowest BCUT2D eigenvalue weighted by atomic mass is 10.1. The maximum Gasteiger partial charge on any atom is 0.160 e. The maximum absolute atomic E-state index is 6.09. The van der Waals surface area contributed by atoms with Crippen molar-refractivity contribution in [3.05, 3.63) is 54.6 Å². The molecule has 0 bridgehead atoms. The lowest BCUT2D eigenvalue weighted by Crippen LogP contribution is -2.04. The number of nitrogens with zero attached hydrogens (tertiary/aromatic N) is 3. The predicted octanol–water partition coefficient (Wildman–Crippen LogP) is 4.41. The molecule has 0 saturated carbocycles. The second-order valence-electron chi connectivity index (χ2n) is 6.00. The first-order valence-electron chi connectivity index (χ1n) is 7.78. The predicted molar refractivity (Wildman–Crippen MR) is 95.3 cm³/mol. The standard InChI is InChI=1S/C19H18N4/c1-12(2)23-17-9-4-3-8-15(17)22-19(23)16-11-10-13-6-5-7-14(20)18(13)21-16/h3-12H,20H2,1-2H3. The van der Waals surface area contributed by atoms with Crippen LogP contribution in [0.4, 0.5) is 5.69 Å². The number of hydrogen-bond donors (Lipinski definition) is 1. The van der Waals surface area contributed by atoms with E-state index < -0.39 is 0 Å². The Bertz CT molecular complexity index is 1010. The van der Waals surface area contributed by atoms with Gasteiger partial charge >= 0.3 is 0 Å². The van der Waals surface area contributed by atoms with E-state index in [9.17, 15) is 0 Å². The summed E-state index contributed by atoms with van der Waals surface area (Å²) in [5, 5.41) is 1.04. The van der Waals surface area contributed by atoms with Gasteiger partial charge < -0.3 is 10.3 Å². The molecule has 0 aliphatic heterocycles. The molecule has 2 heterocycles. The number of pyridine rings is 1. The minimum Gasteiger partial charge on any atom is -0.397 e. The van der Waals surface area contributed by atoms with Gasteiger partial charge in [0.1, 0.15) is 5.69 Å². The normalized spacial score (nSPS) is 11.6. The lowest BCUT2D eigenvalue weighted by molar-refractivity contribution is 0.623. The van der Waals surface area contributed by atoms with E-state index in [1.54, 1.807) is 0 Å². The number of anilines is 1. The van der Waals surface area contributed by atoms with Crippen molar-refractivity contribution in [1.29, 1.82) is 0 Å². The van der Waals surface area contributed by atoms with Crippen molar-refractivity contribution >= 4 is 27.6 Å². The van der Waals surface area contributed by atoms with E-state index in [4.69, 9.17) is 15.7 Å². The topological polar surface area (TPSA) is 56.7 Å². The fraction of sp³-hybridized carbons (Fsp3) is 0.158. The molecule has 0 amide bonds. The maximum atomic E-state index is 6.09. The van der Waals surface area contributed by atoms with Crippen molar-refractivity contribution in [3.63, 3.8) is 0 Å². The van der Waals surface area contributed by atoms with Crippen LogP contribution in [0.3, 0.4) is 0 Å². The number of rotatable bonds is 2. The summed E-state index contributed by atoms with van der Waals surface area (Å²) in [5.41, 5.74) is 10.6. The summed E-state index contributed by atoms with van der Waals surface area (Å²) in [6.45, 7) is 4.32. The highest BCUT2D eigenvalue weighted by atomic mass is 15.1. The molecule has 0 aliphatic carbocycles. The largest absolute Gasteiger partial charge is 0.397 e. The molecule has 0 unspecified atom stereocenters. The van der Waals surface area contributed by atoms with Gasteiger partial charge in [0.15, 0.2) is 5.82 Å². The van der Waals surface area contributed by atoms with Gasteiger partial charge in [0.05, 0.1) is 22.2 Å². The molecule has 2 aromatic heterocycles. The van der Waals surface area contributed by atoms with Crippen LogP contribution >= 0.6 is 0 Å². The van der Waals surface area contributed by atoms with E-state index in [1.807, 2.05) is 42.5 Å². The highest BCUT2D eigenvalue weighted by Gasteiger charge is 2.16. The lowest BCUT2D eigenvalue weighted by Gasteiger charge is -2.13. The third kappa shape index (κ3) is 2.14. The van der Waals surface area contributed by atoms with Crippen LogP contribution in [-0.4, -0.2) is 14.5 Å². The van der Waals surface area contributed by atoms with Crippen molar-refractivity contribution in [3.8, 4) is 11.5 Å². The van der Waals surface area contributed by atoms with Crippen LogP contribution in [0, 0.1) is 0 Å². The number of para-hydroxylation sites is 3. The number of imidazole rings is 1. The van der Waals surface area contributed by atoms with Crippen LogP contribution < -0.4 is 5.73 Å². The number of nitrogen functional groups attached to an aromatic ring is 1. The zero-order chi connectivity index (χ0) is 16.0. The molecular weight excluding hydrogens is 284 g/mol. The van der Waals surface area contributed by atoms with Crippen molar-refractivity contribution < 1.29 is 0 Å². The fourth-order valence-electron chi connectivity index (χ4n) is 3.04. The van der Waals surface area contributed by atoms with Gasteiger partial charge in [-0.1, -0.05) is 30.3 Å². The average Bonchev–Trinajstić information content (AvgIpc) is 2.94. The molecule has 0 aliphatic rings. The molecule has 0 spiro atoms. The summed E-state index contributed by atoms with van der Waals surface area (Å²) >= 11 is 0. The Morgan fingerprint density at radius 1 is 0.913 bits per heavy atom. The summed E-state index contributed by atoms with van der Waals surface area (Å²) in [7, 11) is 0. The van der Waals surface area contributed by atoms with Crippen molar-refractivity contribution in [2.24, 2.45) is 0 Å². The number of fused-ring (bicyclic) bond motifs is 2. The van der Waals surface area contributed by atoms with Crippen molar-refractivity contribution in [2.45, 2.75) is 19.9 Å². The Morgan fingerprint density at radius 2 is 1.74 bits per heavy atom. The second-order valence-corrected chi connectivity index (χ2v) is 6.00. The van der Waals surface area contributed by atoms with Gasteiger partial charge in [-0.25, -0.2) is 9.97 Å². The number of benzene rings is 2. The van der Waals surface area contributed by atoms with Crippen LogP contribution in [-0.2, 0) is 0 Å². The van der Waals surface area contributed by atoms with E-state index in [0.717, 1.165) is 33.5 Å². The SMILES string of the molecule is CC(C)n1c(-c2ccc3cccc(N)c3n2)nc2ccccc21. The van der Waals surface area contributed by atoms with Gasteiger partial charge in [0, 0.05) is 11.4 Å². The van der Waals surface area contributed by atoms with E-state index >= 15 is 0 Å². The van der Waals surface area contributed by atoms with Crippen LogP contribution in [0.15, 0.2) is 54.6 Å². The molecule has 2 aromatic carbocycles. The summed E-state index contributed by atoms with van der Waals surface area (Å²) in [4.78, 5) is 9.58.